The average molecular weight is 304 g/mol. The second kappa shape index (κ2) is 7.94. The molecule has 0 bridgehead atoms. The lowest BCUT2D eigenvalue weighted by atomic mass is 9.89. The van der Waals surface area contributed by atoms with Crippen LogP contribution in [0.1, 0.15) is 30.4 Å². The molecule has 120 valence electrons. The Hall–Kier alpha value is -1.88. The molecule has 2 rings (SSSR count). The molecule has 22 heavy (non-hydrogen) atoms. The lowest BCUT2D eigenvalue weighted by Crippen LogP contribution is -2.45. The zero-order valence-corrected chi connectivity index (χ0v) is 13.0. The minimum Gasteiger partial charge on any atom is -0.381 e. The van der Waals surface area contributed by atoms with Crippen molar-refractivity contribution in [2.75, 3.05) is 13.2 Å². The molecule has 0 saturated carbocycles. The Balaban J connectivity index is 1.98. The summed E-state index contributed by atoms with van der Waals surface area (Å²) in [6.07, 6.45) is 2.21. The molecule has 1 aliphatic rings. The van der Waals surface area contributed by atoms with Crippen molar-refractivity contribution in [1.82, 2.24) is 5.32 Å². The van der Waals surface area contributed by atoms with Gasteiger partial charge in [0.05, 0.1) is 6.42 Å². The van der Waals surface area contributed by atoms with E-state index >= 15 is 0 Å². The van der Waals surface area contributed by atoms with E-state index in [9.17, 15) is 9.59 Å². The lowest BCUT2D eigenvalue weighted by molar-refractivity contribution is -0.123. The number of ether oxygens (including phenoxy) is 1. The quantitative estimate of drug-likeness (QED) is 0.832. The molecule has 1 aliphatic heterocycles. The largest absolute Gasteiger partial charge is 0.381 e. The van der Waals surface area contributed by atoms with Gasteiger partial charge in [0, 0.05) is 25.7 Å². The van der Waals surface area contributed by atoms with Crippen LogP contribution < -0.4 is 11.1 Å². The second-order valence-electron chi connectivity index (χ2n) is 5.90. The second-order valence-corrected chi connectivity index (χ2v) is 5.90. The number of carbonyl (C=O) groups excluding carboxylic acids is 2. The number of nitrogens with two attached hydrogens (primary N) is 1. The Morgan fingerprint density at radius 3 is 2.64 bits per heavy atom. The van der Waals surface area contributed by atoms with Crippen LogP contribution in [0.15, 0.2) is 24.3 Å². The molecular weight excluding hydrogens is 280 g/mol. The molecule has 0 aliphatic carbocycles. The van der Waals surface area contributed by atoms with Gasteiger partial charge in [-0.1, -0.05) is 24.3 Å². The van der Waals surface area contributed by atoms with Gasteiger partial charge in [-0.15, -0.1) is 0 Å². The van der Waals surface area contributed by atoms with Crippen molar-refractivity contribution in [1.29, 1.82) is 0 Å². The van der Waals surface area contributed by atoms with Gasteiger partial charge in [-0.3, -0.25) is 9.59 Å². The van der Waals surface area contributed by atoms with Crippen LogP contribution in [0.3, 0.4) is 0 Å². The Morgan fingerprint density at radius 2 is 2.00 bits per heavy atom. The highest BCUT2D eigenvalue weighted by atomic mass is 16.5. The number of carbonyl (C=O) groups is 2. The molecule has 5 nitrogen and oxygen atoms in total. The molecule has 1 saturated heterocycles. The van der Waals surface area contributed by atoms with Crippen LogP contribution in [-0.2, 0) is 20.7 Å². The van der Waals surface area contributed by atoms with E-state index in [0.717, 1.165) is 24.0 Å². The molecule has 1 fully saturated rings. The first-order chi connectivity index (χ1) is 10.6. The fourth-order valence-electron chi connectivity index (χ4n) is 2.91. The molecule has 5 heteroatoms. The molecule has 1 aromatic rings. The molecule has 0 unspecified atom stereocenters. The Bertz CT molecular complexity index is 524. The van der Waals surface area contributed by atoms with Crippen molar-refractivity contribution < 1.29 is 14.3 Å². The lowest BCUT2D eigenvalue weighted by Gasteiger charge is -2.30. The maximum Gasteiger partial charge on any atom is 0.224 e. The minimum absolute atomic E-state index is 0.0629. The maximum atomic E-state index is 12.3. The molecule has 1 aromatic carbocycles. The van der Waals surface area contributed by atoms with Crippen molar-refractivity contribution in [3.05, 3.63) is 35.4 Å². The van der Waals surface area contributed by atoms with E-state index in [1.54, 1.807) is 0 Å². The number of nitrogens with one attached hydrogen (secondary N) is 1. The Morgan fingerprint density at radius 1 is 1.32 bits per heavy atom. The van der Waals surface area contributed by atoms with Crippen LogP contribution in [0.25, 0.3) is 0 Å². The first-order valence-corrected chi connectivity index (χ1v) is 7.76. The van der Waals surface area contributed by atoms with Gasteiger partial charge < -0.3 is 15.8 Å². The monoisotopic (exact) mass is 304 g/mol. The highest BCUT2D eigenvalue weighted by Crippen LogP contribution is 2.21. The zero-order chi connectivity index (χ0) is 15.9. The van der Waals surface area contributed by atoms with Gasteiger partial charge in [-0.2, -0.15) is 0 Å². The molecule has 3 N–H and O–H groups in total. The van der Waals surface area contributed by atoms with Crippen molar-refractivity contribution in [3.63, 3.8) is 0 Å². The summed E-state index contributed by atoms with van der Waals surface area (Å²) in [4.78, 5) is 23.6. The molecule has 2 amide bonds. The highest BCUT2D eigenvalue weighted by molar-refractivity contribution is 5.80. The SMILES string of the molecule is Cc1ccccc1CC(=O)N[C@@H](CC(N)=O)C1CCOCC1. The van der Waals surface area contributed by atoms with E-state index in [2.05, 4.69) is 5.32 Å². The van der Waals surface area contributed by atoms with E-state index in [-0.39, 0.29) is 30.2 Å². The number of benzene rings is 1. The van der Waals surface area contributed by atoms with Crippen molar-refractivity contribution in [2.24, 2.45) is 11.7 Å². The minimum atomic E-state index is -0.382. The third kappa shape index (κ3) is 4.84. The van der Waals surface area contributed by atoms with Crippen LogP contribution in [0.2, 0.25) is 0 Å². The molecule has 0 aromatic heterocycles. The number of aryl methyl sites for hydroxylation is 1. The summed E-state index contributed by atoms with van der Waals surface area (Å²) < 4.78 is 5.34. The van der Waals surface area contributed by atoms with E-state index in [0.29, 0.717) is 19.6 Å². The highest BCUT2D eigenvalue weighted by Gasteiger charge is 2.26. The van der Waals surface area contributed by atoms with E-state index in [1.807, 2.05) is 31.2 Å². The average Bonchev–Trinajstić information content (AvgIpc) is 2.49. The van der Waals surface area contributed by atoms with Gasteiger partial charge in [0.1, 0.15) is 0 Å². The first kappa shape index (κ1) is 16.5. The summed E-state index contributed by atoms with van der Waals surface area (Å²) in [5, 5.41) is 3.00. The fourth-order valence-corrected chi connectivity index (χ4v) is 2.91. The molecular formula is C17H24N2O3. The third-order valence-electron chi connectivity index (χ3n) is 4.21. The van der Waals surface area contributed by atoms with Crippen LogP contribution in [0.4, 0.5) is 0 Å². The molecule has 0 spiro atoms. The van der Waals surface area contributed by atoms with Crippen LogP contribution in [0.5, 0.6) is 0 Å². The van der Waals surface area contributed by atoms with Gasteiger partial charge in [0.25, 0.3) is 0 Å². The fraction of sp³-hybridized carbons (Fsp3) is 0.529. The summed E-state index contributed by atoms with van der Waals surface area (Å²) in [5.41, 5.74) is 7.43. The number of amides is 2. The summed E-state index contributed by atoms with van der Waals surface area (Å²) in [6.45, 7) is 3.34. The number of primary amides is 1. The number of rotatable bonds is 6. The van der Waals surface area contributed by atoms with Gasteiger partial charge in [0.2, 0.25) is 11.8 Å². The Kier molecular flexibility index (Phi) is 5.95. The van der Waals surface area contributed by atoms with Gasteiger partial charge >= 0.3 is 0 Å². The maximum absolute atomic E-state index is 12.3. The summed E-state index contributed by atoms with van der Waals surface area (Å²) in [5.74, 6) is -0.193. The first-order valence-electron chi connectivity index (χ1n) is 7.76. The van der Waals surface area contributed by atoms with E-state index in [1.165, 1.54) is 0 Å². The van der Waals surface area contributed by atoms with Crippen LogP contribution in [0, 0.1) is 12.8 Å². The summed E-state index contributed by atoms with van der Waals surface area (Å²) in [7, 11) is 0. The topological polar surface area (TPSA) is 81.4 Å². The standard InChI is InChI=1S/C17H24N2O3/c1-12-4-2-3-5-14(12)10-17(21)19-15(11-16(18)20)13-6-8-22-9-7-13/h2-5,13,15H,6-11H2,1H3,(H2,18,20)(H,19,21)/t15-/m0/s1. The van der Waals surface area contributed by atoms with Gasteiger partial charge in [0.15, 0.2) is 0 Å². The predicted octanol–water partition coefficient (Wildman–Crippen LogP) is 1.32. The Labute approximate surface area is 131 Å². The van der Waals surface area contributed by atoms with Gasteiger partial charge in [-0.05, 0) is 36.8 Å². The number of hydrogen-bond donors (Lipinski definition) is 2. The summed E-state index contributed by atoms with van der Waals surface area (Å²) in [6, 6.07) is 7.62. The van der Waals surface area contributed by atoms with Crippen molar-refractivity contribution in [3.8, 4) is 0 Å². The van der Waals surface area contributed by atoms with Crippen molar-refractivity contribution >= 4 is 11.8 Å². The molecule has 1 atom stereocenters. The molecule has 1 heterocycles. The van der Waals surface area contributed by atoms with Gasteiger partial charge in [-0.25, -0.2) is 0 Å². The van der Waals surface area contributed by atoms with Crippen LogP contribution in [-0.4, -0.2) is 31.1 Å². The third-order valence-corrected chi connectivity index (χ3v) is 4.21. The number of hydrogen-bond acceptors (Lipinski definition) is 3. The molecule has 0 radical (unpaired) electrons. The zero-order valence-electron chi connectivity index (χ0n) is 13.0. The van der Waals surface area contributed by atoms with Crippen LogP contribution >= 0.6 is 0 Å². The van der Waals surface area contributed by atoms with E-state index in [4.69, 9.17) is 10.5 Å². The van der Waals surface area contributed by atoms with E-state index < -0.39 is 0 Å². The normalized spacial score (nSPS) is 17.0. The smallest absolute Gasteiger partial charge is 0.224 e. The van der Waals surface area contributed by atoms with Crippen molar-refractivity contribution in [2.45, 2.75) is 38.6 Å². The predicted molar refractivity (Wildman–Crippen MR) is 84.2 cm³/mol. The summed E-state index contributed by atoms with van der Waals surface area (Å²) >= 11 is 0.